The summed E-state index contributed by atoms with van der Waals surface area (Å²) in [5, 5.41) is 6.58. The molecule has 1 aliphatic rings. The molecule has 2 N–H and O–H groups in total. The molecule has 1 atom stereocenters. The van der Waals surface area contributed by atoms with E-state index in [4.69, 9.17) is 0 Å². The maximum absolute atomic E-state index is 10.9. The number of carbonyl (C=O) groups is 1. The van der Waals surface area contributed by atoms with Crippen molar-refractivity contribution in [2.24, 2.45) is 0 Å². The fourth-order valence-electron chi connectivity index (χ4n) is 1.23. The van der Waals surface area contributed by atoms with E-state index in [9.17, 15) is 4.79 Å². The van der Waals surface area contributed by atoms with E-state index in [1.807, 2.05) is 0 Å². The first-order chi connectivity index (χ1) is 5.83. The van der Waals surface area contributed by atoms with Crippen molar-refractivity contribution in [2.75, 3.05) is 25.9 Å². The maximum Gasteiger partial charge on any atom is 0.229 e. The molecule has 70 valence electrons. The van der Waals surface area contributed by atoms with Crippen LogP contribution in [0.4, 0.5) is 0 Å². The highest BCUT2D eigenvalue weighted by molar-refractivity contribution is 8.00. The van der Waals surface area contributed by atoms with Crippen molar-refractivity contribution < 1.29 is 4.79 Å². The Labute approximate surface area is 77.7 Å². The molecule has 1 aliphatic heterocycles. The second kappa shape index (κ2) is 5.43. The summed E-state index contributed by atoms with van der Waals surface area (Å²) in [6, 6.07) is 0. The normalized spacial score (nSPS) is 23.6. The summed E-state index contributed by atoms with van der Waals surface area (Å²) in [4.78, 5) is 10.9. The van der Waals surface area contributed by atoms with Crippen molar-refractivity contribution in [1.82, 2.24) is 10.6 Å². The lowest BCUT2D eigenvalue weighted by Gasteiger charge is -2.21. The van der Waals surface area contributed by atoms with Crippen LogP contribution in [0.1, 0.15) is 12.8 Å². The van der Waals surface area contributed by atoms with Crippen LogP contribution in [0.25, 0.3) is 0 Å². The van der Waals surface area contributed by atoms with Crippen LogP contribution in [0.15, 0.2) is 0 Å². The van der Waals surface area contributed by atoms with Gasteiger partial charge in [0.2, 0.25) is 5.91 Å². The van der Waals surface area contributed by atoms with Crippen LogP contribution in [-0.4, -0.2) is 37.0 Å². The average Bonchev–Trinajstić information content (AvgIpc) is 2.16. The zero-order chi connectivity index (χ0) is 8.81. The summed E-state index contributed by atoms with van der Waals surface area (Å²) in [5.74, 6) is 0.730. The molecule has 1 amide bonds. The van der Waals surface area contributed by atoms with Crippen molar-refractivity contribution in [3.05, 3.63) is 0 Å². The van der Waals surface area contributed by atoms with E-state index in [0.717, 1.165) is 13.1 Å². The van der Waals surface area contributed by atoms with Gasteiger partial charge in [-0.3, -0.25) is 4.79 Å². The van der Waals surface area contributed by atoms with Gasteiger partial charge in [0.05, 0.1) is 5.75 Å². The predicted molar refractivity (Wildman–Crippen MR) is 52.4 cm³/mol. The van der Waals surface area contributed by atoms with Gasteiger partial charge in [-0.15, -0.1) is 11.8 Å². The molecule has 1 heterocycles. The highest BCUT2D eigenvalue weighted by atomic mass is 32.2. The predicted octanol–water partition coefficient (Wildman–Crippen LogP) is 0.218. The van der Waals surface area contributed by atoms with Gasteiger partial charge in [0.15, 0.2) is 0 Å². The Morgan fingerprint density at radius 1 is 1.75 bits per heavy atom. The molecule has 0 aliphatic carbocycles. The van der Waals surface area contributed by atoms with E-state index in [-0.39, 0.29) is 5.91 Å². The summed E-state index contributed by atoms with van der Waals surface area (Å²) in [7, 11) is 1.68. The molecule has 0 aromatic heterocycles. The molecular weight excluding hydrogens is 172 g/mol. The number of nitrogens with one attached hydrogen (secondary N) is 2. The first-order valence-corrected chi connectivity index (χ1v) is 5.40. The zero-order valence-corrected chi connectivity index (χ0v) is 8.25. The Balaban J connectivity index is 2.09. The first kappa shape index (κ1) is 9.86. The molecule has 0 spiro atoms. The molecule has 3 nitrogen and oxygen atoms in total. The van der Waals surface area contributed by atoms with Crippen molar-refractivity contribution in [3.63, 3.8) is 0 Å². The molecule has 1 saturated heterocycles. The molecule has 1 rings (SSSR count). The minimum Gasteiger partial charge on any atom is -0.358 e. The minimum absolute atomic E-state index is 0.130. The van der Waals surface area contributed by atoms with Crippen LogP contribution < -0.4 is 10.6 Å². The standard InChI is InChI=1S/C8H16N2OS/c1-9-8(11)6-12-7-3-2-4-10-5-7/h7,10H,2-6H2,1H3,(H,9,11). The Morgan fingerprint density at radius 3 is 3.17 bits per heavy atom. The third-order valence-electron chi connectivity index (χ3n) is 1.98. The van der Waals surface area contributed by atoms with Gasteiger partial charge in [-0.05, 0) is 19.4 Å². The van der Waals surface area contributed by atoms with Crippen molar-refractivity contribution >= 4 is 17.7 Å². The lowest BCUT2D eigenvalue weighted by molar-refractivity contribution is -0.118. The van der Waals surface area contributed by atoms with E-state index in [1.54, 1.807) is 18.8 Å². The van der Waals surface area contributed by atoms with Gasteiger partial charge < -0.3 is 10.6 Å². The van der Waals surface area contributed by atoms with Crippen LogP contribution in [0.5, 0.6) is 0 Å². The van der Waals surface area contributed by atoms with Crippen LogP contribution >= 0.6 is 11.8 Å². The number of thioether (sulfide) groups is 1. The second-order valence-electron chi connectivity index (χ2n) is 2.95. The first-order valence-electron chi connectivity index (χ1n) is 4.36. The van der Waals surface area contributed by atoms with Crippen LogP contribution in [0, 0.1) is 0 Å². The summed E-state index contributed by atoms with van der Waals surface area (Å²) in [5.41, 5.74) is 0. The Kier molecular flexibility index (Phi) is 4.46. The van der Waals surface area contributed by atoms with Crippen molar-refractivity contribution in [1.29, 1.82) is 0 Å². The quantitative estimate of drug-likeness (QED) is 0.665. The number of amides is 1. The number of hydrogen-bond donors (Lipinski definition) is 2. The fraction of sp³-hybridized carbons (Fsp3) is 0.875. The largest absolute Gasteiger partial charge is 0.358 e. The number of carbonyl (C=O) groups excluding carboxylic acids is 1. The molecule has 1 unspecified atom stereocenters. The average molecular weight is 188 g/mol. The van der Waals surface area contributed by atoms with Crippen molar-refractivity contribution in [2.45, 2.75) is 18.1 Å². The lowest BCUT2D eigenvalue weighted by Crippen LogP contribution is -2.33. The van der Waals surface area contributed by atoms with Gasteiger partial charge in [-0.2, -0.15) is 0 Å². The van der Waals surface area contributed by atoms with E-state index >= 15 is 0 Å². The monoisotopic (exact) mass is 188 g/mol. The SMILES string of the molecule is CNC(=O)CSC1CCCNC1. The van der Waals surface area contributed by atoms with E-state index < -0.39 is 0 Å². The maximum atomic E-state index is 10.9. The van der Waals surface area contributed by atoms with Gasteiger partial charge in [-0.1, -0.05) is 0 Å². The smallest absolute Gasteiger partial charge is 0.229 e. The third kappa shape index (κ3) is 3.45. The van der Waals surface area contributed by atoms with Crippen molar-refractivity contribution in [3.8, 4) is 0 Å². The van der Waals surface area contributed by atoms with E-state index in [2.05, 4.69) is 10.6 Å². The minimum atomic E-state index is 0.130. The molecule has 1 fully saturated rings. The highest BCUT2D eigenvalue weighted by Gasteiger charge is 2.13. The van der Waals surface area contributed by atoms with Crippen LogP contribution in [0.3, 0.4) is 0 Å². The number of hydrogen-bond acceptors (Lipinski definition) is 3. The molecular formula is C8H16N2OS. The van der Waals surface area contributed by atoms with Gasteiger partial charge in [-0.25, -0.2) is 0 Å². The fourth-order valence-corrected chi connectivity index (χ4v) is 2.33. The van der Waals surface area contributed by atoms with Gasteiger partial charge >= 0.3 is 0 Å². The molecule has 4 heteroatoms. The summed E-state index contributed by atoms with van der Waals surface area (Å²) >= 11 is 1.76. The van der Waals surface area contributed by atoms with Gasteiger partial charge in [0.1, 0.15) is 0 Å². The van der Waals surface area contributed by atoms with Gasteiger partial charge in [0.25, 0.3) is 0 Å². The van der Waals surface area contributed by atoms with Crippen LogP contribution in [-0.2, 0) is 4.79 Å². The third-order valence-corrected chi connectivity index (χ3v) is 3.28. The number of rotatable bonds is 3. The Morgan fingerprint density at radius 2 is 2.58 bits per heavy atom. The summed E-state index contributed by atoms with van der Waals surface area (Å²) in [6.07, 6.45) is 2.49. The molecule has 0 aromatic rings. The Hall–Kier alpha value is -0.220. The van der Waals surface area contributed by atoms with Gasteiger partial charge in [0, 0.05) is 18.8 Å². The lowest BCUT2D eigenvalue weighted by atomic mass is 10.2. The summed E-state index contributed by atoms with van der Waals surface area (Å²) < 4.78 is 0. The summed E-state index contributed by atoms with van der Waals surface area (Å²) in [6.45, 7) is 2.19. The zero-order valence-electron chi connectivity index (χ0n) is 7.43. The molecule has 12 heavy (non-hydrogen) atoms. The van der Waals surface area contributed by atoms with E-state index in [1.165, 1.54) is 12.8 Å². The second-order valence-corrected chi connectivity index (χ2v) is 4.24. The number of piperidine rings is 1. The Bertz CT molecular complexity index is 146. The molecule has 0 bridgehead atoms. The van der Waals surface area contributed by atoms with E-state index in [0.29, 0.717) is 11.0 Å². The molecule has 0 aromatic carbocycles. The molecule has 0 saturated carbocycles. The molecule has 0 radical (unpaired) electrons. The highest BCUT2D eigenvalue weighted by Crippen LogP contribution is 2.17. The topological polar surface area (TPSA) is 41.1 Å². The van der Waals surface area contributed by atoms with Crippen LogP contribution in [0.2, 0.25) is 0 Å².